The van der Waals surface area contributed by atoms with Gasteiger partial charge in [-0.2, -0.15) is 0 Å². The number of carbonyl (C=O) groups is 3. The maximum atomic E-state index is 12.9. The summed E-state index contributed by atoms with van der Waals surface area (Å²) in [5, 5.41) is 2.71. The number of amides is 3. The van der Waals surface area contributed by atoms with Gasteiger partial charge in [0.25, 0.3) is 5.91 Å². The maximum absolute atomic E-state index is 12.9. The summed E-state index contributed by atoms with van der Waals surface area (Å²) in [7, 11) is 1.65. The van der Waals surface area contributed by atoms with E-state index in [-0.39, 0.29) is 17.7 Å². The Hall–Kier alpha value is -2.45. The zero-order valence-corrected chi connectivity index (χ0v) is 18.6. The first-order chi connectivity index (χ1) is 14.8. The molecular formula is C23H34N4O4. The molecule has 3 rings (SSSR count). The molecule has 1 aromatic carbocycles. The van der Waals surface area contributed by atoms with E-state index in [1.807, 2.05) is 4.90 Å². The molecule has 0 aromatic heterocycles. The monoisotopic (exact) mass is 430 g/mol. The van der Waals surface area contributed by atoms with Crippen LogP contribution in [0.2, 0.25) is 0 Å². The zero-order chi connectivity index (χ0) is 22.4. The second-order valence-corrected chi connectivity index (χ2v) is 8.74. The van der Waals surface area contributed by atoms with E-state index in [1.54, 1.807) is 31.4 Å². The van der Waals surface area contributed by atoms with Gasteiger partial charge in [-0.25, -0.2) is 0 Å². The molecule has 1 aromatic rings. The highest BCUT2D eigenvalue weighted by Gasteiger charge is 2.42. The molecule has 170 valence electrons. The van der Waals surface area contributed by atoms with Gasteiger partial charge in [0.15, 0.2) is 0 Å². The van der Waals surface area contributed by atoms with Crippen LogP contribution in [0.5, 0.6) is 0 Å². The maximum Gasteiger partial charge on any atom is 0.253 e. The number of ether oxygens (including phenoxy) is 1. The first kappa shape index (κ1) is 23.2. The lowest BCUT2D eigenvalue weighted by molar-refractivity contribution is -0.133. The topological polar surface area (TPSA) is 105 Å². The van der Waals surface area contributed by atoms with Gasteiger partial charge >= 0.3 is 0 Å². The first-order valence-corrected chi connectivity index (χ1v) is 11.0. The molecule has 1 atom stereocenters. The van der Waals surface area contributed by atoms with Crippen molar-refractivity contribution in [3.63, 3.8) is 0 Å². The molecule has 2 saturated heterocycles. The van der Waals surface area contributed by atoms with Gasteiger partial charge in [0.1, 0.15) is 0 Å². The third-order valence-corrected chi connectivity index (χ3v) is 6.63. The van der Waals surface area contributed by atoms with Gasteiger partial charge in [-0.1, -0.05) is 0 Å². The molecule has 8 nitrogen and oxygen atoms in total. The summed E-state index contributed by atoms with van der Waals surface area (Å²) < 4.78 is 5.22. The van der Waals surface area contributed by atoms with E-state index in [0.717, 1.165) is 32.2 Å². The van der Waals surface area contributed by atoms with E-state index in [1.165, 1.54) is 6.92 Å². The highest BCUT2D eigenvalue weighted by atomic mass is 16.5. The van der Waals surface area contributed by atoms with Crippen LogP contribution in [-0.4, -0.2) is 73.5 Å². The van der Waals surface area contributed by atoms with Gasteiger partial charge in [0.05, 0.1) is 5.41 Å². The van der Waals surface area contributed by atoms with E-state index in [2.05, 4.69) is 10.2 Å². The number of likely N-dealkylation sites (tertiary alicyclic amines) is 2. The summed E-state index contributed by atoms with van der Waals surface area (Å²) in [5.41, 5.74) is 6.59. The van der Waals surface area contributed by atoms with Crippen molar-refractivity contribution >= 4 is 23.4 Å². The van der Waals surface area contributed by atoms with Crippen LogP contribution in [0.1, 0.15) is 49.4 Å². The van der Waals surface area contributed by atoms with Gasteiger partial charge in [0.2, 0.25) is 11.8 Å². The number of anilines is 1. The molecule has 3 N–H and O–H groups in total. The number of nitrogens with one attached hydrogen (secondary N) is 1. The quantitative estimate of drug-likeness (QED) is 0.687. The normalized spacial score (nSPS) is 22.8. The Balaban J connectivity index is 1.56. The van der Waals surface area contributed by atoms with Crippen LogP contribution in [-0.2, 0) is 14.3 Å². The number of carbonyl (C=O) groups excluding carboxylic acids is 3. The fraction of sp³-hybridized carbons (Fsp3) is 0.609. The van der Waals surface area contributed by atoms with Crippen LogP contribution in [0, 0.1) is 5.41 Å². The molecule has 1 unspecified atom stereocenters. The molecule has 2 fully saturated rings. The van der Waals surface area contributed by atoms with E-state index in [4.69, 9.17) is 10.5 Å². The van der Waals surface area contributed by atoms with Crippen molar-refractivity contribution in [2.45, 2.75) is 45.1 Å². The number of hydrogen-bond acceptors (Lipinski definition) is 5. The van der Waals surface area contributed by atoms with E-state index >= 15 is 0 Å². The Bertz CT molecular complexity index is 789. The van der Waals surface area contributed by atoms with Crippen LogP contribution in [0.25, 0.3) is 0 Å². The van der Waals surface area contributed by atoms with Crippen molar-refractivity contribution in [3.05, 3.63) is 29.8 Å². The minimum absolute atomic E-state index is 0.0121. The lowest BCUT2D eigenvalue weighted by atomic mass is 9.76. The van der Waals surface area contributed by atoms with Gasteiger partial charge in [-0.15, -0.1) is 0 Å². The summed E-state index contributed by atoms with van der Waals surface area (Å²) >= 11 is 0. The Morgan fingerprint density at radius 2 is 1.84 bits per heavy atom. The van der Waals surface area contributed by atoms with E-state index in [9.17, 15) is 14.4 Å². The highest BCUT2D eigenvalue weighted by Crippen LogP contribution is 2.35. The third kappa shape index (κ3) is 5.62. The molecule has 31 heavy (non-hydrogen) atoms. The Kier molecular flexibility index (Phi) is 7.67. The number of benzene rings is 1. The minimum Gasteiger partial charge on any atom is -0.385 e. The molecule has 0 aliphatic carbocycles. The predicted molar refractivity (Wildman–Crippen MR) is 119 cm³/mol. The molecule has 2 aliphatic heterocycles. The van der Waals surface area contributed by atoms with Crippen LogP contribution in [0.15, 0.2) is 24.3 Å². The largest absolute Gasteiger partial charge is 0.385 e. The van der Waals surface area contributed by atoms with Crippen molar-refractivity contribution in [1.82, 2.24) is 9.80 Å². The standard InChI is InChI=1S/C23H34N4O4/c1-17(28)25-19-6-4-18(5-7-19)21(29)26-13-8-20(9-14-26)27-12-3-10-23(16-27,22(24)30)11-15-31-2/h4-7,20H,3,8-16H2,1-2H3,(H2,24,30)(H,25,28). The van der Waals surface area contributed by atoms with Crippen molar-refractivity contribution < 1.29 is 19.1 Å². The molecule has 2 heterocycles. The SMILES string of the molecule is COCCC1(C(N)=O)CCCN(C2CCN(C(=O)c3ccc(NC(C)=O)cc3)CC2)C1. The third-order valence-electron chi connectivity index (χ3n) is 6.63. The van der Waals surface area contributed by atoms with Gasteiger partial charge in [0, 0.05) is 57.6 Å². The first-order valence-electron chi connectivity index (χ1n) is 11.0. The number of primary amides is 1. The van der Waals surface area contributed by atoms with Crippen LogP contribution in [0.3, 0.4) is 0 Å². The lowest BCUT2D eigenvalue weighted by Crippen LogP contribution is -2.56. The summed E-state index contributed by atoms with van der Waals surface area (Å²) in [6.45, 7) is 5.01. The summed E-state index contributed by atoms with van der Waals surface area (Å²) in [6, 6.07) is 7.35. The molecular weight excluding hydrogens is 396 g/mol. The van der Waals surface area contributed by atoms with Crippen molar-refractivity contribution in [1.29, 1.82) is 0 Å². The van der Waals surface area contributed by atoms with Crippen molar-refractivity contribution in [2.75, 3.05) is 45.2 Å². The molecule has 0 radical (unpaired) electrons. The van der Waals surface area contributed by atoms with Crippen LogP contribution in [0.4, 0.5) is 5.69 Å². The molecule has 0 bridgehead atoms. The van der Waals surface area contributed by atoms with Crippen molar-refractivity contribution in [3.8, 4) is 0 Å². The second kappa shape index (κ2) is 10.2. The highest BCUT2D eigenvalue weighted by molar-refractivity contribution is 5.95. The Labute approximate surface area is 184 Å². The average Bonchev–Trinajstić information content (AvgIpc) is 2.77. The van der Waals surface area contributed by atoms with Gasteiger partial charge < -0.3 is 20.7 Å². The van der Waals surface area contributed by atoms with E-state index in [0.29, 0.717) is 50.0 Å². The number of piperidine rings is 2. The average molecular weight is 431 g/mol. The molecule has 2 aliphatic rings. The number of methoxy groups -OCH3 is 1. The molecule has 0 saturated carbocycles. The van der Waals surface area contributed by atoms with Gasteiger partial charge in [-0.05, 0) is 62.9 Å². The zero-order valence-electron chi connectivity index (χ0n) is 18.6. The second-order valence-electron chi connectivity index (χ2n) is 8.74. The van der Waals surface area contributed by atoms with Crippen LogP contribution < -0.4 is 11.1 Å². The smallest absolute Gasteiger partial charge is 0.253 e. The fourth-order valence-corrected chi connectivity index (χ4v) is 4.82. The summed E-state index contributed by atoms with van der Waals surface area (Å²) in [4.78, 5) is 40.6. The molecule has 8 heteroatoms. The Morgan fingerprint density at radius 1 is 1.16 bits per heavy atom. The molecule has 3 amide bonds. The number of nitrogens with two attached hydrogens (primary N) is 1. The fourth-order valence-electron chi connectivity index (χ4n) is 4.82. The number of rotatable bonds is 7. The Morgan fingerprint density at radius 3 is 2.42 bits per heavy atom. The molecule has 0 spiro atoms. The lowest BCUT2D eigenvalue weighted by Gasteiger charge is -2.46. The van der Waals surface area contributed by atoms with Gasteiger partial charge in [-0.3, -0.25) is 19.3 Å². The summed E-state index contributed by atoms with van der Waals surface area (Å²) in [5.74, 6) is -0.357. The number of hydrogen-bond donors (Lipinski definition) is 2. The van der Waals surface area contributed by atoms with Crippen molar-refractivity contribution in [2.24, 2.45) is 11.1 Å². The summed E-state index contributed by atoms with van der Waals surface area (Å²) in [6.07, 6.45) is 4.19. The van der Waals surface area contributed by atoms with Crippen LogP contribution >= 0.6 is 0 Å². The predicted octanol–water partition coefficient (Wildman–Crippen LogP) is 1.85. The van der Waals surface area contributed by atoms with E-state index < -0.39 is 5.41 Å². The number of nitrogens with zero attached hydrogens (tertiary/aromatic N) is 2. The minimum atomic E-state index is -0.517.